The minimum atomic E-state index is -1.03. The normalized spacial score (nSPS) is 19.0. The number of benzene rings is 2. The molecule has 0 N–H and O–H groups in total. The van der Waals surface area contributed by atoms with E-state index in [0.29, 0.717) is 0 Å². The molecule has 0 aromatic heterocycles. The van der Waals surface area contributed by atoms with Gasteiger partial charge in [0, 0.05) is 16.1 Å². The van der Waals surface area contributed by atoms with Crippen LogP contribution in [0.3, 0.4) is 0 Å². The van der Waals surface area contributed by atoms with Crippen LogP contribution in [-0.2, 0) is 52.4 Å². The topological polar surface area (TPSA) is 0 Å². The Morgan fingerprint density at radius 2 is 0.857 bits per heavy atom. The van der Waals surface area contributed by atoms with Crippen molar-refractivity contribution in [3.8, 4) is 0 Å². The first kappa shape index (κ1) is 53.4. The van der Waals surface area contributed by atoms with E-state index in [0.717, 1.165) is 0 Å². The molecule has 0 nitrogen and oxygen atoms in total. The molecule has 6 heteroatoms. The molecule has 2 heterocycles. The average Bonchev–Trinajstić information content (AvgIpc) is 3.80. The Morgan fingerprint density at radius 3 is 1.07 bits per heavy atom. The Hall–Kier alpha value is -0.600. The predicted octanol–water partition coefficient (Wildman–Crippen LogP) is 8.28. The maximum absolute atomic E-state index is 3.44. The molecule has 0 spiro atoms. The van der Waals surface area contributed by atoms with Gasteiger partial charge in [-0.25, -0.2) is 11.1 Å². The third kappa shape index (κ3) is 11.4. The second kappa shape index (κ2) is 22.3. The van der Waals surface area contributed by atoms with E-state index < -0.39 is 16.1 Å². The van der Waals surface area contributed by atoms with Gasteiger partial charge in [-0.1, -0.05) is 154 Å². The van der Waals surface area contributed by atoms with Crippen molar-refractivity contribution < 1.29 is 77.2 Å². The van der Waals surface area contributed by atoms with E-state index in [9.17, 15) is 0 Å². The van der Waals surface area contributed by atoms with Crippen LogP contribution in [0.25, 0.3) is 21.5 Å². The van der Waals surface area contributed by atoms with Crippen molar-refractivity contribution in [1.29, 1.82) is 0 Å². The van der Waals surface area contributed by atoms with Crippen LogP contribution in [0.15, 0.2) is 106 Å². The van der Waals surface area contributed by atoms with Gasteiger partial charge in [0.25, 0.3) is 0 Å². The van der Waals surface area contributed by atoms with Crippen molar-refractivity contribution in [1.82, 2.24) is 0 Å². The standard InChI is InChI=1S/2C15H19Si.2C10H15.2ClH.2Zr/c2*1-2-10-16(11-5-12-16)15-9-8-13-6-3-4-7-14(13)15;2*1-7-6-10(4,5)9(3)8(7)2;;;;/h2*3-4,6-9H,2,5,10-12H2,1H3;2*1-5H3;2*1H;;/q4*-1;;;2*+2/p-2. The number of fused-ring (bicyclic) bond motifs is 2. The van der Waals surface area contributed by atoms with Gasteiger partial charge in [-0.3, -0.25) is 12.2 Å². The summed E-state index contributed by atoms with van der Waals surface area (Å²) in [6, 6.07) is 36.5. The third-order valence-corrected chi connectivity index (χ3v) is 25.0. The molecule has 2 saturated heterocycles. The maximum Gasteiger partial charge on any atom is 2.00 e. The molecular formula is C50H68Cl2Si2Zr2-2. The summed E-state index contributed by atoms with van der Waals surface area (Å²) in [5.74, 6) is 0. The van der Waals surface area contributed by atoms with Crippen LogP contribution in [0.2, 0.25) is 36.3 Å². The summed E-state index contributed by atoms with van der Waals surface area (Å²) in [7, 11) is -2.06. The Balaban J connectivity index is 0.000000374. The molecule has 0 unspecified atom stereocenters. The molecule has 0 atom stereocenters. The van der Waals surface area contributed by atoms with Crippen LogP contribution in [-0.4, -0.2) is 16.1 Å². The van der Waals surface area contributed by atoms with E-state index in [1.54, 1.807) is 21.1 Å². The van der Waals surface area contributed by atoms with E-state index in [-0.39, 0.29) is 88.1 Å². The van der Waals surface area contributed by atoms with Crippen molar-refractivity contribution in [2.75, 3.05) is 0 Å². The molecule has 8 rings (SSSR count). The van der Waals surface area contributed by atoms with Crippen LogP contribution in [0, 0.1) is 23.0 Å². The SMILES string of the molecule is CC1=[C-]C(C)(C)C(C)=C1C.CC1=[C-]C(C)(C)C(C)=C1C.CCC[Si]1([c-]2ccc3ccccc32)CCC1.CCC[Si]1([c-]2ccc3ccccc32)CCC1.[Cl-].[Cl-].[Zr+2].[Zr+2]. The fourth-order valence-corrected chi connectivity index (χ4v) is 18.9. The fourth-order valence-electron chi connectivity index (χ4n) is 9.51. The average molecular weight is 979 g/mol. The summed E-state index contributed by atoms with van der Waals surface area (Å²) >= 11 is 0. The number of allylic oxidation sites excluding steroid dienone is 8. The molecule has 2 aliphatic heterocycles. The summed E-state index contributed by atoms with van der Waals surface area (Å²) < 4.78 is 0. The molecule has 0 saturated carbocycles. The van der Waals surface area contributed by atoms with Gasteiger partial charge in [0.15, 0.2) is 0 Å². The zero-order valence-corrected chi connectivity index (χ0v) is 45.2. The van der Waals surface area contributed by atoms with Gasteiger partial charge in [0.2, 0.25) is 0 Å². The van der Waals surface area contributed by atoms with Crippen molar-refractivity contribution in [3.63, 3.8) is 0 Å². The molecule has 0 amide bonds. The first-order chi connectivity index (χ1) is 24.6. The van der Waals surface area contributed by atoms with Gasteiger partial charge in [0.05, 0.1) is 0 Å². The van der Waals surface area contributed by atoms with Gasteiger partial charge >= 0.3 is 52.4 Å². The molecule has 2 aliphatic carbocycles. The zero-order valence-electron chi connectivity index (χ0n) is 36.8. The van der Waals surface area contributed by atoms with Crippen molar-refractivity contribution in [3.05, 3.63) is 118 Å². The zero-order chi connectivity index (χ0) is 37.9. The van der Waals surface area contributed by atoms with E-state index in [1.165, 1.54) is 106 Å². The fraction of sp³-hybridized carbons (Fsp3) is 0.480. The molecule has 4 aromatic rings. The smallest absolute Gasteiger partial charge is 1.00 e. The van der Waals surface area contributed by atoms with Crippen molar-refractivity contribution in [2.24, 2.45) is 10.8 Å². The minimum absolute atomic E-state index is 0. The Morgan fingerprint density at radius 1 is 0.536 bits per heavy atom. The molecule has 0 bridgehead atoms. The molecule has 4 aromatic carbocycles. The first-order valence-corrected chi connectivity index (χ1v) is 25.8. The van der Waals surface area contributed by atoms with Crippen LogP contribution in [0.4, 0.5) is 0 Å². The molecule has 2 fully saturated rings. The number of halogens is 2. The van der Waals surface area contributed by atoms with E-state index in [2.05, 4.69) is 168 Å². The first-order valence-electron chi connectivity index (χ1n) is 20.5. The van der Waals surface area contributed by atoms with Crippen LogP contribution >= 0.6 is 0 Å². The second-order valence-corrected chi connectivity index (χ2v) is 26.9. The van der Waals surface area contributed by atoms with Crippen LogP contribution < -0.4 is 35.2 Å². The Kier molecular flexibility index (Phi) is 21.3. The molecule has 0 radical (unpaired) electrons. The molecule has 300 valence electrons. The van der Waals surface area contributed by atoms with Gasteiger partial charge in [0.1, 0.15) is 0 Å². The Labute approximate surface area is 395 Å². The molecule has 56 heavy (non-hydrogen) atoms. The molecule has 4 aliphatic rings. The third-order valence-electron chi connectivity index (χ3n) is 13.7. The van der Waals surface area contributed by atoms with Gasteiger partial charge in [-0.2, -0.15) is 46.6 Å². The van der Waals surface area contributed by atoms with Gasteiger partial charge in [-0.15, -0.1) is 82.2 Å². The van der Waals surface area contributed by atoms with E-state index >= 15 is 0 Å². The molecular weight excluding hydrogens is 910 g/mol. The number of hydrogen-bond acceptors (Lipinski definition) is 0. The summed E-state index contributed by atoms with van der Waals surface area (Å²) in [6.07, 6.45) is 12.6. The predicted molar refractivity (Wildman–Crippen MR) is 238 cm³/mol. The van der Waals surface area contributed by atoms with Crippen LogP contribution in [0.1, 0.15) is 109 Å². The monoisotopic (exact) mass is 974 g/mol. The Bertz CT molecular complexity index is 1850. The van der Waals surface area contributed by atoms with E-state index in [1.807, 2.05) is 0 Å². The number of hydrogen-bond donors (Lipinski definition) is 0. The summed E-state index contributed by atoms with van der Waals surface area (Å²) in [4.78, 5) is 0. The van der Waals surface area contributed by atoms with Gasteiger partial charge in [-0.05, 0) is 0 Å². The number of rotatable bonds is 6. The summed E-state index contributed by atoms with van der Waals surface area (Å²) in [5.41, 5.74) is 8.79. The maximum atomic E-state index is 3.44. The van der Waals surface area contributed by atoms with Crippen LogP contribution in [0.5, 0.6) is 0 Å². The largest absolute Gasteiger partial charge is 2.00 e. The quantitative estimate of drug-likeness (QED) is 0.135. The van der Waals surface area contributed by atoms with Crippen molar-refractivity contribution >= 4 is 48.1 Å². The minimum Gasteiger partial charge on any atom is -1.00 e. The summed E-state index contributed by atoms with van der Waals surface area (Å²) in [6.45, 7) is 26.5. The van der Waals surface area contributed by atoms with Gasteiger partial charge < -0.3 is 24.8 Å². The van der Waals surface area contributed by atoms with Crippen molar-refractivity contribution in [2.45, 2.75) is 145 Å². The van der Waals surface area contributed by atoms with E-state index in [4.69, 9.17) is 0 Å². The summed E-state index contributed by atoms with van der Waals surface area (Å²) in [5, 5.41) is 9.54. The second-order valence-electron chi connectivity index (χ2n) is 17.7.